The molecule has 3 aromatic rings. The van der Waals surface area contributed by atoms with Crippen molar-refractivity contribution in [3.8, 4) is 5.75 Å². The van der Waals surface area contributed by atoms with Gasteiger partial charge in [-0.05, 0) is 68.7 Å². The molecule has 0 saturated carbocycles. The highest BCUT2D eigenvalue weighted by molar-refractivity contribution is 5.94. The van der Waals surface area contributed by atoms with Crippen molar-refractivity contribution in [3.05, 3.63) is 101 Å². The van der Waals surface area contributed by atoms with Crippen molar-refractivity contribution in [2.24, 2.45) is 0 Å². The molecule has 0 bridgehead atoms. The lowest BCUT2D eigenvalue weighted by atomic mass is 9.92. The quantitative estimate of drug-likeness (QED) is 0.454. The predicted molar refractivity (Wildman–Crippen MR) is 146 cm³/mol. The normalized spacial score (nSPS) is 19.7. The van der Waals surface area contributed by atoms with Crippen LogP contribution in [0.4, 0.5) is 0 Å². The van der Waals surface area contributed by atoms with E-state index >= 15 is 0 Å². The number of benzene rings is 3. The zero-order valence-electron chi connectivity index (χ0n) is 22.0. The molecule has 1 aliphatic heterocycles. The van der Waals surface area contributed by atoms with Crippen molar-refractivity contribution in [2.45, 2.75) is 52.4 Å². The molecule has 190 valence electrons. The molecule has 4 rings (SSSR count). The summed E-state index contributed by atoms with van der Waals surface area (Å²) >= 11 is 0. The topological polar surface area (TPSA) is 47.0 Å². The third kappa shape index (κ3) is 5.80. The van der Waals surface area contributed by atoms with E-state index in [-0.39, 0.29) is 17.7 Å². The standard InChI is InChI=1S/C31H39N3O2/c1-5-32(6-2)31(36)27-17-15-26(16-18-27)30(28-13-10-14-29(35)19-28)34-21-23(3)33(20-24(34)4)22-25-11-8-7-9-12-25/h7-19,23-24,30,35H,5-6,20-22H2,1-4H3/t23-,24-,30-/m1/s1. The Kier molecular flexibility index (Phi) is 8.44. The smallest absolute Gasteiger partial charge is 0.253 e. The molecule has 1 heterocycles. The first-order chi connectivity index (χ1) is 17.4. The molecule has 0 aliphatic carbocycles. The Morgan fingerprint density at radius 3 is 2.22 bits per heavy atom. The van der Waals surface area contributed by atoms with Crippen molar-refractivity contribution in [3.63, 3.8) is 0 Å². The van der Waals surface area contributed by atoms with Crippen LogP contribution in [0.15, 0.2) is 78.9 Å². The van der Waals surface area contributed by atoms with Crippen molar-refractivity contribution in [2.75, 3.05) is 26.2 Å². The number of piperazine rings is 1. The Labute approximate surface area is 216 Å². The largest absolute Gasteiger partial charge is 0.508 e. The van der Waals surface area contributed by atoms with Crippen LogP contribution in [0.5, 0.6) is 5.75 Å². The highest BCUT2D eigenvalue weighted by Gasteiger charge is 2.35. The van der Waals surface area contributed by atoms with E-state index in [1.807, 2.05) is 43.0 Å². The van der Waals surface area contributed by atoms with Crippen molar-refractivity contribution < 1.29 is 9.90 Å². The van der Waals surface area contributed by atoms with Gasteiger partial charge >= 0.3 is 0 Å². The molecule has 0 radical (unpaired) electrons. The van der Waals surface area contributed by atoms with E-state index in [1.54, 1.807) is 6.07 Å². The Morgan fingerprint density at radius 1 is 0.889 bits per heavy atom. The summed E-state index contributed by atoms with van der Waals surface area (Å²) in [5.74, 6) is 0.339. The lowest BCUT2D eigenvalue weighted by Gasteiger charge is -2.47. The number of hydrogen-bond acceptors (Lipinski definition) is 4. The summed E-state index contributed by atoms with van der Waals surface area (Å²) in [4.78, 5) is 19.8. The van der Waals surface area contributed by atoms with Gasteiger partial charge in [0.1, 0.15) is 5.75 Å². The van der Waals surface area contributed by atoms with Gasteiger partial charge in [-0.1, -0.05) is 54.6 Å². The van der Waals surface area contributed by atoms with Crippen LogP contribution in [0.2, 0.25) is 0 Å². The van der Waals surface area contributed by atoms with E-state index < -0.39 is 0 Å². The second-order valence-electron chi connectivity index (χ2n) is 9.91. The van der Waals surface area contributed by atoms with Crippen molar-refractivity contribution >= 4 is 5.91 Å². The van der Waals surface area contributed by atoms with Gasteiger partial charge in [0, 0.05) is 50.4 Å². The van der Waals surface area contributed by atoms with Gasteiger partial charge in [0.05, 0.1) is 6.04 Å². The average molecular weight is 486 g/mol. The molecule has 0 spiro atoms. The Bertz CT molecular complexity index is 1130. The number of nitrogens with zero attached hydrogens (tertiary/aromatic N) is 3. The number of rotatable bonds is 8. The summed E-state index contributed by atoms with van der Waals surface area (Å²) in [6.07, 6.45) is 0. The number of phenols is 1. The summed E-state index contributed by atoms with van der Waals surface area (Å²) < 4.78 is 0. The van der Waals surface area contributed by atoms with Crippen molar-refractivity contribution in [1.82, 2.24) is 14.7 Å². The van der Waals surface area contributed by atoms with Crippen LogP contribution in [0.3, 0.4) is 0 Å². The third-order valence-corrected chi connectivity index (χ3v) is 7.43. The van der Waals surface area contributed by atoms with E-state index in [0.29, 0.717) is 30.7 Å². The van der Waals surface area contributed by atoms with E-state index in [1.165, 1.54) is 5.56 Å². The molecular weight excluding hydrogens is 446 g/mol. The Balaban J connectivity index is 1.62. The molecule has 1 aliphatic rings. The maximum atomic E-state index is 12.9. The van der Waals surface area contributed by atoms with Gasteiger partial charge in [-0.3, -0.25) is 14.6 Å². The predicted octanol–water partition coefficient (Wildman–Crippen LogP) is 5.56. The molecule has 1 N–H and O–H groups in total. The average Bonchev–Trinajstić information content (AvgIpc) is 2.89. The van der Waals surface area contributed by atoms with Gasteiger partial charge in [-0.25, -0.2) is 0 Å². The molecule has 1 fully saturated rings. The highest BCUT2D eigenvalue weighted by Crippen LogP contribution is 2.35. The first kappa shape index (κ1) is 25.9. The van der Waals surface area contributed by atoms with Crippen LogP contribution in [0.25, 0.3) is 0 Å². The molecule has 5 nitrogen and oxygen atoms in total. The molecule has 36 heavy (non-hydrogen) atoms. The van der Waals surface area contributed by atoms with Gasteiger partial charge in [0.15, 0.2) is 0 Å². The fourth-order valence-corrected chi connectivity index (χ4v) is 5.39. The highest BCUT2D eigenvalue weighted by atomic mass is 16.3. The Morgan fingerprint density at radius 2 is 1.58 bits per heavy atom. The zero-order valence-corrected chi connectivity index (χ0v) is 22.0. The molecule has 0 unspecified atom stereocenters. The lowest BCUT2D eigenvalue weighted by Crippen LogP contribution is -2.56. The van der Waals surface area contributed by atoms with E-state index in [0.717, 1.165) is 30.8 Å². The number of amides is 1. The van der Waals surface area contributed by atoms with Gasteiger partial charge in [-0.2, -0.15) is 0 Å². The second kappa shape index (κ2) is 11.7. The fourth-order valence-electron chi connectivity index (χ4n) is 5.39. The Hall–Kier alpha value is -3.15. The zero-order chi connectivity index (χ0) is 25.7. The van der Waals surface area contributed by atoms with Gasteiger partial charge < -0.3 is 10.0 Å². The van der Waals surface area contributed by atoms with Crippen LogP contribution < -0.4 is 0 Å². The van der Waals surface area contributed by atoms with Gasteiger partial charge in [0.2, 0.25) is 0 Å². The third-order valence-electron chi connectivity index (χ3n) is 7.43. The molecule has 3 aromatic carbocycles. The molecule has 3 atom stereocenters. The second-order valence-corrected chi connectivity index (χ2v) is 9.91. The summed E-state index contributed by atoms with van der Waals surface area (Å²) in [6, 6.07) is 27.0. The SMILES string of the molecule is CCN(CC)C(=O)c1ccc([C@H](c2cccc(O)c2)N2C[C@@H](C)N(Cc3ccccc3)C[C@H]2C)cc1. The molecular formula is C31H39N3O2. The van der Waals surface area contributed by atoms with Crippen molar-refractivity contribution in [1.29, 1.82) is 0 Å². The fraction of sp³-hybridized carbons (Fsp3) is 0.387. The van der Waals surface area contributed by atoms with E-state index in [9.17, 15) is 9.90 Å². The number of phenolic OH excluding ortho intramolecular Hbond substituents is 1. The first-order valence-corrected chi connectivity index (χ1v) is 13.1. The molecule has 5 heteroatoms. The number of hydrogen-bond donors (Lipinski definition) is 1. The minimum absolute atomic E-state index is 0.00830. The van der Waals surface area contributed by atoms with Gasteiger partial charge in [0.25, 0.3) is 5.91 Å². The van der Waals surface area contributed by atoms with E-state index in [4.69, 9.17) is 0 Å². The van der Waals surface area contributed by atoms with Crippen LogP contribution in [-0.4, -0.2) is 64.0 Å². The minimum atomic E-state index is -0.00830. The summed E-state index contributed by atoms with van der Waals surface area (Å²) in [7, 11) is 0. The lowest BCUT2D eigenvalue weighted by molar-refractivity contribution is 0.0195. The van der Waals surface area contributed by atoms with Crippen LogP contribution in [-0.2, 0) is 6.54 Å². The maximum Gasteiger partial charge on any atom is 0.253 e. The summed E-state index contributed by atoms with van der Waals surface area (Å²) in [5.41, 5.74) is 4.25. The first-order valence-electron chi connectivity index (χ1n) is 13.1. The van der Waals surface area contributed by atoms with Gasteiger partial charge in [-0.15, -0.1) is 0 Å². The van der Waals surface area contributed by atoms with Crippen LogP contribution in [0, 0.1) is 0 Å². The van der Waals surface area contributed by atoms with E-state index in [2.05, 4.69) is 72.2 Å². The van der Waals surface area contributed by atoms with Crippen LogP contribution >= 0.6 is 0 Å². The monoisotopic (exact) mass is 485 g/mol. The molecule has 1 amide bonds. The number of aromatic hydroxyl groups is 1. The number of carbonyl (C=O) groups excluding carboxylic acids is 1. The summed E-state index contributed by atoms with van der Waals surface area (Å²) in [6.45, 7) is 12.8. The number of carbonyl (C=O) groups is 1. The molecule has 1 saturated heterocycles. The summed E-state index contributed by atoms with van der Waals surface area (Å²) in [5, 5.41) is 10.3. The van der Waals surface area contributed by atoms with Crippen LogP contribution in [0.1, 0.15) is 60.8 Å². The minimum Gasteiger partial charge on any atom is -0.508 e. The molecule has 0 aromatic heterocycles. The maximum absolute atomic E-state index is 12.9.